The molecule has 5 rings (SSSR count). The third kappa shape index (κ3) is 5.53. The number of nitrogens with zero attached hydrogens (tertiary/aromatic N) is 3. The van der Waals surface area contributed by atoms with E-state index in [1.807, 2.05) is 0 Å². The lowest BCUT2D eigenvalue weighted by Gasteiger charge is -2.26. The summed E-state index contributed by atoms with van der Waals surface area (Å²) in [4.78, 5) is 34.5. The Kier molecular flexibility index (Phi) is 6.89. The van der Waals surface area contributed by atoms with Crippen LogP contribution in [0.25, 0.3) is 0 Å². The van der Waals surface area contributed by atoms with Crippen molar-refractivity contribution >= 4 is 11.8 Å². The predicted molar refractivity (Wildman–Crippen MR) is 123 cm³/mol. The van der Waals surface area contributed by atoms with Crippen molar-refractivity contribution in [1.82, 2.24) is 20.2 Å². The van der Waals surface area contributed by atoms with Crippen LogP contribution in [0, 0.1) is 5.95 Å². The van der Waals surface area contributed by atoms with Gasteiger partial charge in [-0.25, -0.2) is 14.4 Å². The van der Waals surface area contributed by atoms with Gasteiger partial charge < -0.3 is 14.6 Å². The minimum Gasteiger partial charge on any atom is -0.448 e. The highest BCUT2D eigenvalue weighted by molar-refractivity contribution is 5.89. The van der Waals surface area contributed by atoms with Crippen molar-refractivity contribution in [3.63, 3.8) is 0 Å². The van der Waals surface area contributed by atoms with Crippen LogP contribution < -0.4 is 5.32 Å². The third-order valence-electron chi connectivity index (χ3n) is 6.65. The first kappa shape index (κ1) is 25.8. The molecule has 1 saturated heterocycles. The normalized spacial score (nSPS) is 20.4. The lowest BCUT2D eigenvalue weighted by Crippen LogP contribution is -2.47. The molecule has 0 radical (unpaired) electrons. The maximum absolute atomic E-state index is 14.7. The van der Waals surface area contributed by atoms with Crippen LogP contribution in [0.4, 0.5) is 22.0 Å². The van der Waals surface area contributed by atoms with Gasteiger partial charge in [0.05, 0.1) is 18.3 Å². The predicted octanol–water partition coefficient (Wildman–Crippen LogP) is 4.49. The smallest absolute Gasteiger partial charge is 0.436 e. The Morgan fingerprint density at radius 3 is 2.47 bits per heavy atom. The zero-order chi connectivity index (χ0) is 27.0. The SMILES string of the molecule is O=C(N[C@@H](c1ccccc1)c1ccc(C2CC2)c(F)n1)[C@@H]1C[C@@H](F)CN1C(=O)Cc1nc(C(F)(F)F)co1. The zero-order valence-corrected chi connectivity index (χ0v) is 19.9. The van der Waals surface area contributed by atoms with E-state index < -0.39 is 66.7 Å². The number of hydrogen-bond acceptors (Lipinski definition) is 5. The Bertz CT molecular complexity index is 1330. The second-order valence-corrected chi connectivity index (χ2v) is 9.44. The van der Waals surface area contributed by atoms with Crippen molar-refractivity contribution in [1.29, 1.82) is 0 Å². The minimum atomic E-state index is -4.75. The van der Waals surface area contributed by atoms with Crippen LogP contribution in [0.1, 0.15) is 59.6 Å². The molecular weight excluding hydrogens is 511 g/mol. The number of aromatic nitrogens is 2. The molecule has 0 unspecified atom stereocenters. The van der Waals surface area contributed by atoms with Crippen molar-refractivity contribution < 1.29 is 36.0 Å². The van der Waals surface area contributed by atoms with E-state index in [2.05, 4.69) is 15.3 Å². The molecule has 1 aliphatic heterocycles. The highest BCUT2D eigenvalue weighted by Crippen LogP contribution is 2.41. The molecule has 3 heterocycles. The van der Waals surface area contributed by atoms with Crippen LogP contribution in [0.2, 0.25) is 0 Å². The summed E-state index contributed by atoms with van der Waals surface area (Å²) in [5, 5.41) is 2.76. The van der Waals surface area contributed by atoms with Crippen LogP contribution >= 0.6 is 0 Å². The maximum Gasteiger partial charge on any atom is 0.436 e. The number of hydrogen-bond donors (Lipinski definition) is 1. The van der Waals surface area contributed by atoms with Gasteiger partial charge >= 0.3 is 6.18 Å². The van der Waals surface area contributed by atoms with Gasteiger partial charge in [-0.3, -0.25) is 9.59 Å². The Labute approximate surface area is 214 Å². The van der Waals surface area contributed by atoms with Crippen LogP contribution in [0.15, 0.2) is 53.1 Å². The van der Waals surface area contributed by atoms with E-state index in [0.29, 0.717) is 17.4 Å². The van der Waals surface area contributed by atoms with Gasteiger partial charge in [0.1, 0.15) is 24.9 Å². The van der Waals surface area contributed by atoms with Crippen molar-refractivity contribution in [3.05, 3.63) is 83.1 Å². The number of carbonyl (C=O) groups excluding carboxylic acids is 2. The number of carbonyl (C=O) groups is 2. The highest BCUT2D eigenvalue weighted by atomic mass is 19.4. The fraction of sp³-hybridized carbons (Fsp3) is 0.385. The van der Waals surface area contributed by atoms with E-state index in [0.717, 1.165) is 17.7 Å². The summed E-state index contributed by atoms with van der Waals surface area (Å²) in [7, 11) is 0. The van der Waals surface area contributed by atoms with Gasteiger partial charge in [0.25, 0.3) is 0 Å². The first-order valence-electron chi connectivity index (χ1n) is 12.1. The summed E-state index contributed by atoms with van der Waals surface area (Å²) in [6.45, 7) is -0.414. The van der Waals surface area contributed by atoms with Crippen LogP contribution in [-0.2, 0) is 22.2 Å². The molecule has 2 amide bonds. The van der Waals surface area contributed by atoms with E-state index in [-0.39, 0.29) is 18.0 Å². The second-order valence-electron chi connectivity index (χ2n) is 9.44. The van der Waals surface area contributed by atoms with Gasteiger partial charge in [0.2, 0.25) is 23.7 Å². The van der Waals surface area contributed by atoms with Gasteiger partial charge in [-0.1, -0.05) is 36.4 Å². The largest absolute Gasteiger partial charge is 0.448 e. The standard InChI is InChI=1S/C26H23F5N4O3/c27-16-10-19(35(12-16)22(36)11-21-33-20(13-38-21)26(29,30)31)25(37)34-23(15-4-2-1-3-5-15)18-9-8-17(14-6-7-14)24(28)32-18/h1-5,8-9,13-14,16,19,23H,6-7,10-12H2,(H,34,37)/t16-,19+,23+/m1/s1. The molecule has 38 heavy (non-hydrogen) atoms. The summed E-state index contributed by atoms with van der Waals surface area (Å²) in [5.41, 5.74) is 0.0510. The van der Waals surface area contributed by atoms with Gasteiger partial charge in [0, 0.05) is 12.0 Å². The maximum atomic E-state index is 14.7. The molecule has 3 aromatic rings. The minimum absolute atomic E-state index is 0.136. The lowest BCUT2D eigenvalue weighted by molar-refractivity contribution is -0.141. The molecule has 3 atom stereocenters. The molecule has 12 heteroatoms. The number of alkyl halides is 4. The monoisotopic (exact) mass is 534 g/mol. The average Bonchev–Trinajstić information content (AvgIpc) is 3.46. The molecule has 2 fully saturated rings. The van der Waals surface area contributed by atoms with Crippen molar-refractivity contribution in [2.45, 2.75) is 56.0 Å². The van der Waals surface area contributed by atoms with Gasteiger partial charge in [-0.2, -0.15) is 17.6 Å². The van der Waals surface area contributed by atoms with E-state index in [9.17, 15) is 31.5 Å². The molecule has 200 valence electrons. The van der Waals surface area contributed by atoms with Crippen LogP contribution in [0.5, 0.6) is 0 Å². The molecule has 1 saturated carbocycles. The summed E-state index contributed by atoms with van der Waals surface area (Å²) >= 11 is 0. The number of halogens is 5. The molecule has 1 N–H and O–H groups in total. The molecule has 0 spiro atoms. The summed E-state index contributed by atoms with van der Waals surface area (Å²) in [5.74, 6) is -2.50. The molecule has 1 aliphatic carbocycles. The van der Waals surface area contributed by atoms with E-state index in [1.165, 1.54) is 0 Å². The van der Waals surface area contributed by atoms with Gasteiger partial charge in [0.15, 0.2) is 5.69 Å². The van der Waals surface area contributed by atoms with Crippen molar-refractivity contribution in [2.24, 2.45) is 0 Å². The molecular formula is C26H23F5N4O3. The molecule has 2 aliphatic rings. The zero-order valence-electron chi connectivity index (χ0n) is 19.9. The average molecular weight is 534 g/mol. The topological polar surface area (TPSA) is 88.3 Å². The number of oxazole rings is 1. The number of nitrogens with one attached hydrogen (secondary N) is 1. The number of rotatable bonds is 7. The Hall–Kier alpha value is -3.83. The van der Waals surface area contributed by atoms with E-state index in [4.69, 9.17) is 4.42 Å². The van der Waals surface area contributed by atoms with Gasteiger partial charge in [-0.15, -0.1) is 0 Å². The fourth-order valence-electron chi connectivity index (χ4n) is 4.59. The first-order valence-corrected chi connectivity index (χ1v) is 12.1. The Balaban J connectivity index is 1.35. The quantitative estimate of drug-likeness (QED) is 0.357. The van der Waals surface area contributed by atoms with Crippen LogP contribution in [-0.4, -0.2) is 45.4 Å². The molecule has 1 aromatic carbocycles. The number of amides is 2. The third-order valence-corrected chi connectivity index (χ3v) is 6.65. The Morgan fingerprint density at radius 2 is 1.84 bits per heavy atom. The van der Waals surface area contributed by atoms with Crippen molar-refractivity contribution in [3.8, 4) is 0 Å². The number of benzene rings is 1. The van der Waals surface area contributed by atoms with Crippen molar-refractivity contribution in [2.75, 3.05) is 6.54 Å². The highest BCUT2D eigenvalue weighted by Gasteiger charge is 2.41. The number of likely N-dealkylation sites (tertiary alicyclic amines) is 1. The van der Waals surface area contributed by atoms with E-state index >= 15 is 0 Å². The van der Waals surface area contributed by atoms with Gasteiger partial charge in [-0.05, 0) is 30.4 Å². The summed E-state index contributed by atoms with van der Waals surface area (Å²) in [6.07, 6.45) is -5.09. The lowest BCUT2D eigenvalue weighted by atomic mass is 10.0. The fourth-order valence-corrected chi connectivity index (χ4v) is 4.59. The molecule has 2 aromatic heterocycles. The van der Waals surface area contributed by atoms with Crippen LogP contribution in [0.3, 0.4) is 0 Å². The second kappa shape index (κ2) is 10.1. The van der Waals surface area contributed by atoms with E-state index in [1.54, 1.807) is 42.5 Å². The molecule has 0 bridgehead atoms. The Morgan fingerprint density at radius 1 is 1.11 bits per heavy atom. The number of pyridine rings is 1. The molecule has 7 nitrogen and oxygen atoms in total. The first-order chi connectivity index (χ1) is 18.1. The summed E-state index contributed by atoms with van der Waals surface area (Å²) in [6, 6.07) is 9.82. The summed E-state index contributed by atoms with van der Waals surface area (Å²) < 4.78 is 72.3.